The lowest BCUT2D eigenvalue weighted by Crippen LogP contribution is -2.43. The minimum Gasteiger partial charge on any atom is -0.444 e. The summed E-state index contributed by atoms with van der Waals surface area (Å²) in [6.07, 6.45) is 1.98. The van der Waals surface area contributed by atoms with Crippen LogP contribution in [0.15, 0.2) is 12.2 Å². The van der Waals surface area contributed by atoms with E-state index >= 15 is 0 Å². The van der Waals surface area contributed by atoms with E-state index in [9.17, 15) is 4.79 Å². The second kappa shape index (κ2) is 5.77. The fraction of sp³-hybridized carbons (Fsp3) is 0.800. The molecule has 1 atom stereocenters. The average molecular weight is 253 g/mol. The summed E-state index contributed by atoms with van der Waals surface area (Å²) in [5.74, 6) is 0.903. The zero-order valence-electron chi connectivity index (χ0n) is 12.5. The molecule has 1 aliphatic rings. The predicted octanol–water partition coefficient (Wildman–Crippen LogP) is 3.85. The number of carbonyl (C=O) groups is 1. The Balaban J connectivity index is 2.59. The number of nitrogens with zero attached hydrogens (tertiary/aromatic N) is 1. The van der Waals surface area contributed by atoms with Crippen molar-refractivity contribution in [2.75, 3.05) is 13.1 Å². The van der Waals surface area contributed by atoms with Gasteiger partial charge in [0.05, 0.1) is 0 Å². The van der Waals surface area contributed by atoms with Gasteiger partial charge in [0.25, 0.3) is 0 Å². The van der Waals surface area contributed by atoms with Gasteiger partial charge >= 0.3 is 6.09 Å². The van der Waals surface area contributed by atoms with E-state index in [0.717, 1.165) is 25.9 Å². The van der Waals surface area contributed by atoms with Crippen LogP contribution in [0, 0.1) is 11.8 Å². The number of likely N-dealkylation sites (tertiary alicyclic amines) is 1. The zero-order valence-corrected chi connectivity index (χ0v) is 12.5. The van der Waals surface area contributed by atoms with Crippen molar-refractivity contribution in [2.45, 2.75) is 53.1 Å². The third kappa shape index (κ3) is 4.35. The molecule has 0 aromatic rings. The van der Waals surface area contributed by atoms with Crippen LogP contribution < -0.4 is 0 Å². The second-order valence-corrected chi connectivity index (χ2v) is 6.50. The molecule has 3 heteroatoms. The van der Waals surface area contributed by atoms with Crippen LogP contribution in [-0.2, 0) is 4.74 Å². The quantitative estimate of drug-likeness (QED) is 0.700. The number of carbonyl (C=O) groups excluding carboxylic acids is 1. The van der Waals surface area contributed by atoms with Gasteiger partial charge < -0.3 is 9.64 Å². The van der Waals surface area contributed by atoms with Gasteiger partial charge in [0, 0.05) is 13.1 Å². The summed E-state index contributed by atoms with van der Waals surface area (Å²) in [6.45, 7) is 15.8. The monoisotopic (exact) mass is 253 g/mol. The Bertz CT molecular complexity index is 315. The molecule has 0 aliphatic carbocycles. The molecule has 1 unspecified atom stereocenters. The summed E-state index contributed by atoms with van der Waals surface area (Å²) in [5, 5.41) is 0. The first kappa shape index (κ1) is 15.1. The van der Waals surface area contributed by atoms with Crippen LogP contribution in [0.2, 0.25) is 0 Å². The lowest BCUT2D eigenvalue weighted by atomic mass is 9.85. The summed E-state index contributed by atoms with van der Waals surface area (Å²) in [7, 11) is 0. The van der Waals surface area contributed by atoms with Crippen molar-refractivity contribution in [3.63, 3.8) is 0 Å². The third-order valence-electron chi connectivity index (χ3n) is 3.34. The van der Waals surface area contributed by atoms with Gasteiger partial charge in [-0.1, -0.05) is 26.0 Å². The molecule has 0 bridgehead atoms. The van der Waals surface area contributed by atoms with Gasteiger partial charge in [-0.2, -0.15) is 0 Å². The van der Waals surface area contributed by atoms with E-state index in [0.29, 0.717) is 11.8 Å². The van der Waals surface area contributed by atoms with Gasteiger partial charge in [0.15, 0.2) is 0 Å². The smallest absolute Gasteiger partial charge is 0.410 e. The summed E-state index contributed by atoms with van der Waals surface area (Å²) in [5.41, 5.74) is 0.835. The molecule has 1 heterocycles. The Hall–Kier alpha value is -0.990. The summed E-state index contributed by atoms with van der Waals surface area (Å²) in [6, 6.07) is 0. The number of hydrogen-bond donors (Lipinski definition) is 0. The van der Waals surface area contributed by atoms with Crippen LogP contribution in [0.5, 0.6) is 0 Å². The first-order valence-corrected chi connectivity index (χ1v) is 6.87. The first-order valence-electron chi connectivity index (χ1n) is 6.87. The Kier molecular flexibility index (Phi) is 4.83. The zero-order chi connectivity index (χ0) is 13.9. The maximum absolute atomic E-state index is 12.0. The van der Waals surface area contributed by atoms with Crippen LogP contribution in [-0.4, -0.2) is 29.7 Å². The number of amides is 1. The molecular weight excluding hydrogens is 226 g/mol. The molecule has 0 radical (unpaired) electrons. The van der Waals surface area contributed by atoms with Crippen LogP contribution in [0.3, 0.4) is 0 Å². The summed E-state index contributed by atoms with van der Waals surface area (Å²) in [4.78, 5) is 13.9. The molecule has 1 saturated heterocycles. The second-order valence-electron chi connectivity index (χ2n) is 6.50. The van der Waals surface area contributed by atoms with E-state index in [1.165, 1.54) is 5.57 Å². The molecule has 104 valence electrons. The van der Waals surface area contributed by atoms with Crippen LogP contribution in [0.4, 0.5) is 4.79 Å². The lowest BCUT2D eigenvalue weighted by Gasteiger charge is -2.35. The van der Waals surface area contributed by atoms with E-state index < -0.39 is 5.60 Å². The Morgan fingerprint density at radius 1 is 1.39 bits per heavy atom. The van der Waals surface area contributed by atoms with Crippen molar-refractivity contribution in [2.24, 2.45) is 11.8 Å². The summed E-state index contributed by atoms with van der Waals surface area (Å²) < 4.78 is 5.42. The molecule has 0 aromatic carbocycles. The standard InChI is InChI=1S/C15H27NO2/c1-11(2)12(3)13-8-7-9-16(10-13)14(17)18-15(4,5)6/h11,13H,3,7-10H2,1-2,4-6H3. The molecule has 1 fully saturated rings. The SMILES string of the molecule is C=C(C(C)C)C1CCCN(C(=O)OC(C)(C)C)C1. The van der Waals surface area contributed by atoms with Crippen molar-refractivity contribution < 1.29 is 9.53 Å². The number of hydrogen-bond acceptors (Lipinski definition) is 2. The van der Waals surface area contributed by atoms with Gasteiger partial charge in [0.2, 0.25) is 0 Å². The van der Waals surface area contributed by atoms with Gasteiger partial charge in [-0.25, -0.2) is 4.79 Å². The molecule has 3 nitrogen and oxygen atoms in total. The largest absolute Gasteiger partial charge is 0.444 e. The average Bonchev–Trinajstić information content (AvgIpc) is 2.25. The highest BCUT2D eigenvalue weighted by molar-refractivity contribution is 5.68. The van der Waals surface area contributed by atoms with Crippen molar-refractivity contribution in [1.82, 2.24) is 4.90 Å². The molecule has 1 rings (SSSR count). The highest BCUT2D eigenvalue weighted by atomic mass is 16.6. The van der Waals surface area contributed by atoms with E-state index in [4.69, 9.17) is 4.74 Å². The molecule has 0 N–H and O–H groups in total. The van der Waals surface area contributed by atoms with Crippen LogP contribution >= 0.6 is 0 Å². The normalized spacial score (nSPS) is 21.0. The lowest BCUT2D eigenvalue weighted by molar-refractivity contribution is 0.0179. The van der Waals surface area contributed by atoms with E-state index in [2.05, 4.69) is 20.4 Å². The van der Waals surface area contributed by atoms with E-state index in [1.807, 2.05) is 25.7 Å². The fourth-order valence-electron chi connectivity index (χ4n) is 2.24. The van der Waals surface area contributed by atoms with E-state index in [-0.39, 0.29) is 6.09 Å². The minimum atomic E-state index is -0.418. The van der Waals surface area contributed by atoms with Crippen molar-refractivity contribution in [1.29, 1.82) is 0 Å². The van der Waals surface area contributed by atoms with Gasteiger partial charge in [-0.15, -0.1) is 0 Å². The maximum Gasteiger partial charge on any atom is 0.410 e. The molecule has 1 aliphatic heterocycles. The molecule has 18 heavy (non-hydrogen) atoms. The van der Waals surface area contributed by atoms with Crippen molar-refractivity contribution in [3.8, 4) is 0 Å². The van der Waals surface area contributed by atoms with Crippen LogP contribution in [0.25, 0.3) is 0 Å². The first-order chi connectivity index (χ1) is 8.20. The predicted molar refractivity (Wildman–Crippen MR) is 74.5 cm³/mol. The Morgan fingerprint density at radius 3 is 2.50 bits per heavy atom. The van der Waals surface area contributed by atoms with Crippen molar-refractivity contribution >= 4 is 6.09 Å². The van der Waals surface area contributed by atoms with Gasteiger partial charge in [0.1, 0.15) is 5.60 Å². The number of rotatable bonds is 2. The number of ether oxygens (including phenoxy) is 1. The van der Waals surface area contributed by atoms with Gasteiger partial charge in [-0.05, 0) is 45.4 Å². The van der Waals surface area contributed by atoms with Crippen molar-refractivity contribution in [3.05, 3.63) is 12.2 Å². The topological polar surface area (TPSA) is 29.5 Å². The Morgan fingerprint density at radius 2 is 2.00 bits per heavy atom. The van der Waals surface area contributed by atoms with Gasteiger partial charge in [-0.3, -0.25) is 0 Å². The molecule has 1 amide bonds. The third-order valence-corrected chi connectivity index (χ3v) is 3.34. The molecular formula is C15H27NO2. The molecule has 0 aromatic heterocycles. The highest BCUT2D eigenvalue weighted by Gasteiger charge is 2.29. The highest BCUT2D eigenvalue weighted by Crippen LogP contribution is 2.28. The fourth-order valence-corrected chi connectivity index (χ4v) is 2.24. The maximum atomic E-state index is 12.0. The minimum absolute atomic E-state index is 0.191. The molecule has 0 saturated carbocycles. The molecule has 0 spiro atoms. The van der Waals surface area contributed by atoms with Crippen LogP contribution in [0.1, 0.15) is 47.5 Å². The van der Waals surface area contributed by atoms with E-state index in [1.54, 1.807) is 0 Å². The number of piperidine rings is 1. The Labute approximate surface area is 111 Å². The summed E-state index contributed by atoms with van der Waals surface area (Å²) >= 11 is 0.